The average molecular weight is 356 g/mol. The lowest BCUT2D eigenvalue weighted by molar-refractivity contribution is -0.142. The van der Waals surface area contributed by atoms with E-state index in [0.717, 1.165) is 37.6 Å². The smallest absolute Gasteiger partial charge is 0.239 e. The summed E-state index contributed by atoms with van der Waals surface area (Å²) >= 11 is 0. The highest BCUT2D eigenvalue weighted by molar-refractivity contribution is 6.09. The number of hydrogen-bond donors (Lipinski definition) is 1. The molecule has 0 radical (unpaired) electrons. The van der Waals surface area contributed by atoms with E-state index in [4.69, 9.17) is 4.74 Å². The van der Waals surface area contributed by atoms with Crippen LogP contribution in [0.15, 0.2) is 18.2 Å². The van der Waals surface area contributed by atoms with Crippen molar-refractivity contribution in [2.24, 2.45) is 5.92 Å². The third-order valence-electron chi connectivity index (χ3n) is 5.89. The fourth-order valence-corrected chi connectivity index (χ4v) is 3.71. The summed E-state index contributed by atoms with van der Waals surface area (Å²) in [6.07, 6.45) is 3.91. The molecule has 140 valence electrons. The van der Waals surface area contributed by atoms with Crippen LogP contribution in [0.4, 0.5) is 0 Å². The number of ether oxygens (including phenoxy) is 1. The Balaban J connectivity index is 1.54. The van der Waals surface area contributed by atoms with Gasteiger partial charge in [-0.1, -0.05) is 32.7 Å². The van der Waals surface area contributed by atoms with Crippen LogP contribution in [-0.4, -0.2) is 56.7 Å². The van der Waals surface area contributed by atoms with E-state index in [9.17, 15) is 9.59 Å². The lowest BCUT2D eigenvalue weighted by Crippen LogP contribution is -2.59. The van der Waals surface area contributed by atoms with Crippen LogP contribution in [0.1, 0.15) is 48.5 Å². The molecular weight excluding hydrogens is 327 g/mol. The maximum Gasteiger partial charge on any atom is 0.239 e. The van der Waals surface area contributed by atoms with Crippen molar-refractivity contribution in [2.75, 3.05) is 19.6 Å². The van der Waals surface area contributed by atoms with E-state index in [1.807, 2.05) is 23.1 Å². The Kier molecular flexibility index (Phi) is 6.02. The fourth-order valence-electron chi connectivity index (χ4n) is 3.71. The molecule has 3 rings (SSSR count). The molecule has 0 bridgehead atoms. The van der Waals surface area contributed by atoms with Crippen molar-refractivity contribution in [3.63, 3.8) is 0 Å². The Labute approximate surface area is 156 Å². The summed E-state index contributed by atoms with van der Waals surface area (Å²) in [5.41, 5.74) is 1.75. The standard InChI is InChI=1S/C20H29BN2O3/c1-3-14-6-18(22-9-14)20(25)23-10-17(11-23)26-19-5-4-15(13(2)8-21)7-16(19)12-24/h4-5,7,12-14,17-18,22H,3,6,8-11,21H2,1-2H3/t13-,14?,18?/m0/s1. The van der Waals surface area contributed by atoms with Gasteiger partial charge in [0.2, 0.25) is 5.91 Å². The molecular formula is C20H29BN2O3. The van der Waals surface area contributed by atoms with E-state index >= 15 is 0 Å². The Morgan fingerprint density at radius 1 is 1.46 bits per heavy atom. The molecule has 2 unspecified atom stereocenters. The van der Waals surface area contributed by atoms with Gasteiger partial charge in [-0.2, -0.15) is 0 Å². The second-order valence-electron chi connectivity index (χ2n) is 7.68. The molecule has 1 aromatic rings. The Hall–Kier alpha value is -1.82. The second-order valence-corrected chi connectivity index (χ2v) is 7.68. The monoisotopic (exact) mass is 356 g/mol. The van der Waals surface area contributed by atoms with Crippen LogP contribution in [0, 0.1) is 5.92 Å². The number of benzene rings is 1. The number of carbonyl (C=O) groups excluding carboxylic acids is 2. The summed E-state index contributed by atoms with van der Waals surface area (Å²) < 4.78 is 5.98. The van der Waals surface area contributed by atoms with Crippen molar-refractivity contribution < 1.29 is 14.3 Å². The van der Waals surface area contributed by atoms with Gasteiger partial charge in [-0.25, -0.2) is 0 Å². The molecule has 0 aromatic heterocycles. The Bertz CT molecular complexity index is 660. The molecule has 1 aromatic carbocycles. The number of carbonyl (C=O) groups is 2. The number of amides is 1. The van der Waals surface area contributed by atoms with E-state index in [0.29, 0.717) is 36.2 Å². The molecule has 2 heterocycles. The van der Waals surface area contributed by atoms with Gasteiger partial charge in [-0.3, -0.25) is 9.59 Å². The molecule has 1 amide bonds. The number of rotatable bonds is 7. The minimum absolute atomic E-state index is 0.0320. The normalized spacial score (nSPS) is 24.2. The summed E-state index contributed by atoms with van der Waals surface area (Å²) in [5, 5.41) is 3.33. The number of nitrogens with one attached hydrogen (secondary N) is 1. The molecule has 1 N–H and O–H groups in total. The minimum Gasteiger partial charge on any atom is -0.486 e. The zero-order valence-corrected chi connectivity index (χ0v) is 16.0. The van der Waals surface area contributed by atoms with Gasteiger partial charge in [0.1, 0.15) is 19.7 Å². The van der Waals surface area contributed by atoms with Crippen LogP contribution in [-0.2, 0) is 4.79 Å². The van der Waals surface area contributed by atoms with Crippen LogP contribution < -0.4 is 10.1 Å². The third-order valence-corrected chi connectivity index (χ3v) is 5.89. The summed E-state index contributed by atoms with van der Waals surface area (Å²) in [6, 6.07) is 5.80. The van der Waals surface area contributed by atoms with Crippen molar-refractivity contribution in [3.8, 4) is 5.75 Å². The first-order valence-corrected chi connectivity index (χ1v) is 9.83. The second kappa shape index (κ2) is 8.25. The van der Waals surface area contributed by atoms with Gasteiger partial charge < -0.3 is 15.0 Å². The lowest BCUT2D eigenvalue weighted by Gasteiger charge is -2.40. The first-order chi connectivity index (χ1) is 12.5. The zero-order chi connectivity index (χ0) is 18.7. The van der Waals surface area contributed by atoms with Gasteiger partial charge >= 0.3 is 0 Å². The van der Waals surface area contributed by atoms with Crippen molar-refractivity contribution in [1.29, 1.82) is 0 Å². The first kappa shape index (κ1) is 19.0. The summed E-state index contributed by atoms with van der Waals surface area (Å²) in [6.45, 7) is 6.45. The quantitative estimate of drug-likeness (QED) is 0.596. The topological polar surface area (TPSA) is 58.6 Å². The van der Waals surface area contributed by atoms with E-state index in [-0.39, 0.29) is 18.1 Å². The number of likely N-dealkylation sites (tertiary alicyclic amines) is 1. The first-order valence-electron chi connectivity index (χ1n) is 9.83. The molecule has 2 saturated heterocycles. The average Bonchev–Trinajstić information content (AvgIpc) is 3.12. The van der Waals surface area contributed by atoms with Crippen LogP contribution in [0.3, 0.4) is 0 Å². The molecule has 5 nitrogen and oxygen atoms in total. The fraction of sp³-hybridized carbons (Fsp3) is 0.600. The van der Waals surface area contributed by atoms with Crippen molar-refractivity contribution in [1.82, 2.24) is 10.2 Å². The van der Waals surface area contributed by atoms with Crippen molar-refractivity contribution in [3.05, 3.63) is 29.3 Å². The van der Waals surface area contributed by atoms with Gasteiger partial charge in [0.25, 0.3) is 0 Å². The van der Waals surface area contributed by atoms with E-state index in [2.05, 4.69) is 27.0 Å². The highest BCUT2D eigenvalue weighted by atomic mass is 16.5. The number of hydrogen-bond acceptors (Lipinski definition) is 4. The van der Waals surface area contributed by atoms with Crippen LogP contribution in [0.2, 0.25) is 6.32 Å². The third kappa shape index (κ3) is 3.95. The van der Waals surface area contributed by atoms with E-state index in [1.54, 1.807) is 0 Å². The van der Waals surface area contributed by atoms with Crippen molar-refractivity contribution in [2.45, 2.75) is 51.1 Å². The van der Waals surface area contributed by atoms with E-state index in [1.165, 1.54) is 0 Å². The van der Waals surface area contributed by atoms with Crippen LogP contribution in [0.25, 0.3) is 0 Å². The highest BCUT2D eigenvalue weighted by Crippen LogP contribution is 2.28. The lowest BCUT2D eigenvalue weighted by atomic mass is 9.86. The predicted octanol–water partition coefficient (Wildman–Crippen LogP) is 1.63. The molecule has 26 heavy (non-hydrogen) atoms. The van der Waals surface area contributed by atoms with Crippen LogP contribution in [0.5, 0.6) is 5.75 Å². The van der Waals surface area contributed by atoms with Gasteiger partial charge in [-0.15, -0.1) is 0 Å². The molecule has 0 aliphatic carbocycles. The summed E-state index contributed by atoms with van der Waals surface area (Å²) in [4.78, 5) is 25.8. The molecule has 3 atom stereocenters. The maximum atomic E-state index is 12.5. The molecule has 0 saturated carbocycles. The predicted molar refractivity (Wildman–Crippen MR) is 105 cm³/mol. The largest absolute Gasteiger partial charge is 0.486 e. The molecule has 2 aliphatic heterocycles. The summed E-state index contributed by atoms with van der Waals surface area (Å²) in [7, 11) is 2.14. The van der Waals surface area contributed by atoms with E-state index < -0.39 is 0 Å². The highest BCUT2D eigenvalue weighted by Gasteiger charge is 2.38. The van der Waals surface area contributed by atoms with Gasteiger partial charge in [0.15, 0.2) is 6.29 Å². The molecule has 6 heteroatoms. The van der Waals surface area contributed by atoms with Crippen LogP contribution >= 0.6 is 0 Å². The van der Waals surface area contributed by atoms with Gasteiger partial charge in [0.05, 0.1) is 24.7 Å². The molecule has 2 aliphatic rings. The number of aldehydes is 1. The maximum absolute atomic E-state index is 12.5. The minimum atomic E-state index is -0.0405. The SMILES string of the molecule is BC[C@H](C)c1ccc(OC2CN(C(=O)C3CC(CC)CN3)C2)c(C=O)c1. The zero-order valence-electron chi connectivity index (χ0n) is 16.0. The van der Waals surface area contributed by atoms with Crippen molar-refractivity contribution >= 4 is 20.0 Å². The Morgan fingerprint density at radius 2 is 2.23 bits per heavy atom. The number of nitrogens with zero attached hydrogens (tertiary/aromatic N) is 1. The summed E-state index contributed by atoms with van der Waals surface area (Å²) in [5.74, 6) is 1.83. The molecule has 0 spiro atoms. The molecule has 2 fully saturated rings. The Morgan fingerprint density at radius 3 is 2.85 bits per heavy atom. The van der Waals surface area contributed by atoms with Gasteiger partial charge in [0, 0.05) is 0 Å². The van der Waals surface area contributed by atoms with Gasteiger partial charge in [-0.05, 0) is 42.5 Å².